The molecule has 1 heteroatoms. The molecule has 0 fully saturated rings. The second-order valence-electron chi connectivity index (χ2n) is 4.18. The van der Waals surface area contributed by atoms with Crippen LogP contribution in [0, 0.1) is 5.41 Å². The summed E-state index contributed by atoms with van der Waals surface area (Å²) in [5.41, 5.74) is 1.89. The van der Waals surface area contributed by atoms with Crippen LogP contribution < -0.4 is 0 Å². The average molecular weight is 256 g/mol. The van der Waals surface area contributed by atoms with Gasteiger partial charge in [0.1, 0.15) is 0 Å². The summed E-state index contributed by atoms with van der Waals surface area (Å²) in [6.45, 7) is 10.9. The fraction of sp³-hybridized carbons (Fsp3) is 0.647. The van der Waals surface area contributed by atoms with Crippen LogP contribution in [0.4, 0.5) is 0 Å². The molecular formula is C17H36O. The fourth-order valence-corrected chi connectivity index (χ4v) is 1.27. The molecule has 0 aliphatic carbocycles. The van der Waals surface area contributed by atoms with Crippen molar-refractivity contribution in [1.29, 1.82) is 0 Å². The van der Waals surface area contributed by atoms with E-state index in [1.807, 2.05) is 13.8 Å². The monoisotopic (exact) mass is 256 g/mol. The Labute approximate surface area is 116 Å². The van der Waals surface area contributed by atoms with Crippen LogP contribution in [0.15, 0.2) is 30.3 Å². The predicted molar refractivity (Wildman–Crippen MR) is 87.2 cm³/mol. The van der Waals surface area contributed by atoms with Gasteiger partial charge in [0, 0.05) is 7.11 Å². The van der Waals surface area contributed by atoms with Gasteiger partial charge in [0.15, 0.2) is 0 Å². The molecule has 0 spiro atoms. The highest BCUT2D eigenvalue weighted by molar-refractivity contribution is 5.15. The van der Waals surface area contributed by atoms with Crippen LogP contribution >= 0.6 is 0 Å². The van der Waals surface area contributed by atoms with E-state index in [9.17, 15) is 0 Å². The molecule has 1 N–H and O–H groups in total. The smallest absolute Gasteiger partial charge is 0.0319 e. The van der Waals surface area contributed by atoms with Gasteiger partial charge in [-0.1, -0.05) is 86.2 Å². The molecule has 1 rings (SSSR count). The van der Waals surface area contributed by atoms with Gasteiger partial charge in [-0.2, -0.15) is 0 Å². The van der Waals surface area contributed by atoms with Gasteiger partial charge in [-0.3, -0.25) is 0 Å². The Kier molecular flexibility index (Phi) is 23.3. The van der Waals surface area contributed by atoms with Crippen LogP contribution in [0.25, 0.3) is 0 Å². The van der Waals surface area contributed by atoms with Crippen molar-refractivity contribution in [3.63, 3.8) is 0 Å². The Hall–Kier alpha value is -0.820. The fourth-order valence-electron chi connectivity index (χ4n) is 1.27. The molecule has 0 saturated carbocycles. The Morgan fingerprint density at radius 1 is 0.944 bits per heavy atom. The SMILES string of the molecule is C.C.CC.CCC(C)(C)Cc1ccccc1.CO. The highest BCUT2D eigenvalue weighted by Gasteiger charge is 2.14. The molecule has 0 saturated heterocycles. The lowest BCUT2D eigenvalue weighted by Gasteiger charge is -2.22. The van der Waals surface area contributed by atoms with Crippen molar-refractivity contribution in [2.24, 2.45) is 5.41 Å². The Morgan fingerprint density at radius 3 is 1.67 bits per heavy atom. The van der Waals surface area contributed by atoms with Crippen molar-refractivity contribution in [2.45, 2.75) is 62.3 Å². The second-order valence-corrected chi connectivity index (χ2v) is 4.18. The van der Waals surface area contributed by atoms with Crippen molar-refractivity contribution in [3.05, 3.63) is 35.9 Å². The molecule has 0 aromatic heterocycles. The standard InChI is InChI=1S/C12H18.C2H6.CH4O.2CH4/c1-4-12(2,3)10-11-8-6-5-7-9-11;2*1-2;;/h5-9H,4,10H2,1-3H3;1-2H3;2H,1H3;2*1H4. The van der Waals surface area contributed by atoms with Crippen molar-refractivity contribution in [1.82, 2.24) is 0 Å². The maximum absolute atomic E-state index is 7.00. The summed E-state index contributed by atoms with van der Waals surface area (Å²) >= 11 is 0. The van der Waals surface area contributed by atoms with Crippen molar-refractivity contribution >= 4 is 0 Å². The highest BCUT2D eigenvalue weighted by Crippen LogP contribution is 2.24. The molecule has 1 aromatic rings. The van der Waals surface area contributed by atoms with E-state index in [4.69, 9.17) is 5.11 Å². The van der Waals surface area contributed by atoms with Crippen LogP contribution in [0.5, 0.6) is 0 Å². The molecule has 1 nitrogen and oxygen atoms in total. The lowest BCUT2D eigenvalue weighted by Crippen LogP contribution is -2.12. The molecule has 0 radical (unpaired) electrons. The number of aliphatic hydroxyl groups is 1. The first kappa shape index (κ1) is 25.9. The van der Waals surface area contributed by atoms with Crippen LogP contribution in [0.1, 0.15) is 61.5 Å². The third kappa shape index (κ3) is 13.2. The average Bonchev–Trinajstić information content (AvgIpc) is 2.35. The zero-order chi connectivity index (χ0) is 13.0. The molecule has 1 aromatic carbocycles. The van der Waals surface area contributed by atoms with Crippen LogP contribution in [0.3, 0.4) is 0 Å². The molecule has 110 valence electrons. The minimum absolute atomic E-state index is 0. The Balaban J connectivity index is -0.000000149. The van der Waals surface area contributed by atoms with Gasteiger partial charge in [0.2, 0.25) is 0 Å². The zero-order valence-electron chi connectivity index (χ0n) is 11.7. The Bertz CT molecular complexity index is 227. The summed E-state index contributed by atoms with van der Waals surface area (Å²) in [6, 6.07) is 10.7. The molecule has 0 atom stereocenters. The molecule has 0 heterocycles. The van der Waals surface area contributed by atoms with Gasteiger partial charge in [0.25, 0.3) is 0 Å². The summed E-state index contributed by atoms with van der Waals surface area (Å²) in [5.74, 6) is 0. The number of benzene rings is 1. The highest BCUT2D eigenvalue weighted by atomic mass is 16.2. The van der Waals surface area contributed by atoms with Crippen molar-refractivity contribution < 1.29 is 5.11 Å². The summed E-state index contributed by atoms with van der Waals surface area (Å²) < 4.78 is 0. The van der Waals surface area contributed by atoms with E-state index in [1.165, 1.54) is 18.4 Å². The second kappa shape index (κ2) is 16.2. The first-order valence-electron chi connectivity index (χ1n) is 6.13. The van der Waals surface area contributed by atoms with E-state index in [1.54, 1.807) is 0 Å². The molecule has 18 heavy (non-hydrogen) atoms. The third-order valence-corrected chi connectivity index (χ3v) is 2.48. The third-order valence-electron chi connectivity index (χ3n) is 2.48. The van der Waals surface area contributed by atoms with E-state index in [0.717, 1.165) is 7.11 Å². The maximum atomic E-state index is 7.00. The summed E-state index contributed by atoms with van der Waals surface area (Å²) in [4.78, 5) is 0. The first-order chi connectivity index (χ1) is 7.64. The van der Waals surface area contributed by atoms with E-state index in [-0.39, 0.29) is 14.9 Å². The van der Waals surface area contributed by atoms with Crippen LogP contribution in [0.2, 0.25) is 0 Å². The summed E-state index contributed by atoms with van der Waals surface area (Å²) in [5, 5.41) is 7.00. The van der Waals surface area contributed by atoms with Gasteiger partial charge in [0.05, 0.1) is 0 Å². The number of hydrogen-bond acceptors (Lipinski definition) is 1. The molecule has 0 amide bonds. The van der Waals surface area contributed by atoms with E-state index >= 15 is 0 Å². The quantitative estimate of drug-likeness (QED) is 0.749. The zero-order valence-corrected chi connectivity index (χ0v) is 11.7. The number of rotatable bonds is 3. The number of hydrogen-bond donors (Lipinski definition) is 1. The number of aliphatic hydroxyl groups excluding tert-OH is 1. The van der Waals surface area contributed by atoms with Crippen molar-refractivity contribution in [3.8, 4) is 0 Å². The topological polar surface area (TPSA) is 20.2 Å². The van der Waals surface area contributed by atoms with E-state index in [2.05, 4.69) is 51.1 Å². The molecule has 0 aliphatic rings. The van der Waals surface area contributed by atoms with E-state index < -0.39 is 0 Å². The maximum Gasteiger partial charge on any atom is 0.0319 e. The van der Waals surface area contributed by atoms with Crippen LogP contribution in [-0.2, 0) is 6.42 Å². The normalized spacial score (nSPS) is 8.39. The molecule has 0 bridgehead atoms. The summed E-state index contributed by atoms with van der Waals surface area (Å²) in [7, 11) is 1.00. The van der Waals surface area contributed by atoms with Gasteiger partial charge in [-0.05, 0) is 17.4 Å². The molecule has 0 aliphatic heterocycles. The van der Waals surface area contributed by atoms with Gasteiger partial charge in [-0.15, -0.1) is 0 Å². The van der Waals surface area contributed by atoms with Crippen molar-refractivity contribution in [2.75, 3.05) is 7.11 Å². The molecular weight excluding hydrogens is 220 g/mol. The van der Waals surface area contributed by atoms with Gasteiger partial charge < -0.3 is 5.11 Å². The summed E-state index contributed by atoms with van der Waals surface area (Å²) in [6.07, 6.45) is 2.42. The minimum atomic E-state index is 0. The van der Waals surface area contributed by atoms with Gasteiger partial charge >= 0.3 is 0 Å². The largest absolute Gasteiger partial charge is 0.400 e. The molecule has 0 unspecified atom stereocenters. The first-order valence-corrected chi connectivity index (χ1v) is 6.13. The lowest BCUT2D eigenvalue weighted by molar-refractivity contribution is 0.349. The van der Waals surface area contributed by atoms with E-state index in [0.29, 0.717) is 5.41 Å². The predicted octanol–water partition coefficient (Wildman–Crippen LogP) is 5.57. The van der Waals surface area contributed by atoms with Gasteiger partial charge in [-0.25, -0.2) is 0 Å². The van der Waals surface area contributed by atoms with Crippen LogP contribution in [-0.4, -0.2) is 12.2 Å². The minimum Gasteiger partial charge on any atom is -0.400 e. The Morgan fingerprint density at radius 2 is 1.33 bits per heavy atom. The lowest BCUT2D eigenvalue weighted by atomic mass is 9.83.